The Kier molecular flexibility index (Phi) is 3.51. The molecule has 2 nitrogen and oxygen atoms in total. The van der Waals surface area contributed by atoms with Crippen LogP contribution in [0.4, 0.5) is 5.69 Å². The van der Waals surface area contributed by atoms with Crippen molar-refractivity contribution in [1.29, 1.82) is 0 Å². The van der Waals surface area contributed by atoms with Gasteiger partial charge in [0.15, 0.2) is 0 Å². The molecule has 0 heterocycles. The predicted molar refractivity (Wildman–Crippen MR) is 59.9 cm³/mol. The number of rotatable bonds is 2. The van der Waals surface area contributed by atoms with E-state index in [2.05, 4.69) is 5.32 Å². The minimum atomic E-state index is 0.573. The summed E-state index contributed by atoms with van der Waals surface area (Å²) in [5.74, 6) is 0.661. The Labute approximate surface area is 87.9 Å². The molecule has 1 rings (SSSR count). The number of ether oxygens (including phenoxy) is 1. The van der Waals surface area contributed by atoms with Crippen LogP contribution in [-0.4, -0.2) is 12.1 Å². The molecular weight excluding hydrogens is 206 g/mol. The highest BCUT2D eigenvalue weighted by Crippen LogP contribution is 2.27. The summed E-state index contributed by atoms with van der Waals surface area (Å²) in [7, 11) is 1.58. The lowest BCUT2D eigenvalue weighted by Gasteiger charge is -2.06. The Bertz CT molecular complexity index is 327. The van der Waals surface area contributed by atoms with E-state index in [-0.39, 0.29) is 0 Å². The SMILES string of the molecule is COc1ccc(NC(C)=S)cc1Cl. The molecule has 0 unspecified atom stereocenters. The van der Waals surface area contributed by atoms with Gasteiger partial charge >= 0.3 is 0 Å². The van der Waals surface area contributed by atoms with E-state index in [1.807, 2.05) is 13.0 Å². The number of nitrogens with one attached hydrogen (secondary N) is 1. The van der Waals surface area contributed by atoms with Crippen molar-refractivity contribution in [3.8, 4) is 5.75 Å². The largest absolute Gasteiger partial charge is 0.495 e. The molecule has 0 bridgehead atoms. The lowest BCUT2D eigenvalue weighted by molar-refractivity contribution is 0.415. The first kappa shape index (κ1) is 10.3. The van der Waals surface area contributed by atoms with Gasteiger partial charge < -0.3 is 10.1 Å². The second-order valence-electron chi connectivity index (χ2n) is 2.53. The highest BCUT2D eigenvalue weighted by Gasteiger charge is 2.00. The van der Waals surface area contributed by atoms with E-state index < -0.39 is 0 Å². The van der Waals surface area contributed by atoms with E-state index in [1.54, 1.807) is 19.2 Å². The van der Waals surface area contributed by atoms with Crippen molar-refractivity contribution in [3.63, 3.8) is 0 Å². The Balaban J connectivity index is 2.89. The minimum Gasteiger partial charge on any atom is -0.495 e. The number of anilines is 1. The fraction of sp³-hybridized carbons (Fsp3) is 0.222. The molecule has 0 spiro atoms. The summed E-state index contributed by atoms with van der Waals surface area (Å²) in [5, 5.41) is 3.56. The van der Waals surface area contributed by atoms with Crippen LogP contribution >= 0.6 is 23.8 Å². The van der Waals surface area contributed by atoms with Crippen LogP contribution in [0.15, 0.2) is 18.2 Å². The molecule has 0 fully saturated rings. The Morgan fingerprint density at radius 1 is 1.54 bits per heavy atom. The van der Waals surface area contributed by atoms with Gasteiger partial charge in [-0.2, -0.15) is 0 Å². The second-order valence-corrected chi connectivity index (χ2v) is 3.55. The summed E-state index contributed by atoms with van der Waals surface area (Å²) in [6, 6.07) is 5.43. The lowest BCUT2D eigenvalue weighted by Crippen LogP contribution is -2.02. The van der Waals surface area contributed by atoms with Crippen LogP contribution in [0.1, 0.15) is 6.92 Å². The van der Waals surface area contributed by atoms with Crippen LogP contribution in [0, 0.1) is 0 Å². The summed E-state index contributed by atoms with van der Waals surface area (Å²) in [6.45, 7) is 1.81. The molecule has 0 atom stereocenters. The summed E-state index contributed by atoms with van der Waals surface area (Å²) >= 11 is 10.8. The maximum atomic E-state index is 5.90. The third kappa shape index (κ3) is 2.86. The van der Waals surface area contributed by atoms with E-state index in [9.17, 15) is 0 Å². The maximum Gasteiger partial charge on any atom is 0.137 e. The van der Waals surface area contributed by atoms with Crippen LogP contribution in [0.5, 0.6) is 5.75 Å². The van der Waals surface area contributed by atoms with E-state index >= 15 is 0 Å². The average Bonchev–Trinajstić information content (AvgIpc) is 2.03. The van der Waals surface area contributed by atoms with Gasteiger partial charge in [-0.1, -0.05) is 23.8 Å². The summed E-state index contributed by atoms with van der Waals surface area (Å²) < 4.78 is 5.01. The molecule has 4 heteroatoms. The zero-order chi connectivity index (χ0) is 9.84. The van der Waals surface area contributed by atoms with Gasteiger partial charge in [-0.25, -0.2) is 0 Å². The lowest BCUT2D eigenvalue weighted by atomic mass is 10.3. The fourth-order valence-electron chi connectivity index (χ4n) is 0.947. The van der Waals surface area contributed by atoms with Crippen LogP contribution in [-0.2, 0) is 0 Å². The first-order valence-electron chi connectivity index (χ1n) is 3.74. The molecule has 1 aromatic carbocycles. The van der Waals surface area contributed by atoms with Gasteiger partial charge in [0, 0.05) is 5.69 Å². The smallest absolute Gasteiger partial charge is 0.137 e. The summed E-state index contributed by atoms with van der Waals surface area (Å²) in [6.07, 6.45) is 0. The van der Waals surface area contributed by atoms with Gasteiger partial charge in [0.25, 0.3) is 0 Å². The van der Waals surface area contributed by atoms with Crippen LogP contribution in [0.25, 0.3) is 0 Å². The van der Waals surface area contributed by atoms with Crippen molar-refractivity contribution in [1.82, 2.24) is 0 Å². The zero-order valence-corrected chi connectivity index (χ0v) is 9.00. The molecular formula is C9H10ClNOS. The van der Waals surface area contributed by atoms with Gasteiger partial charge in [-0.15, -0.1) is 0 Å². The van der Waals surface area contributed by atoms with Crippen molar-refractivity contribution in [2.45, 2.75) is 6.92 Å². The minimum absolute atomic E-state index is 0.573. The zero-order valence-electron chi connectivity index (χ0n) is 7.43. The number of thiocarbonyl (C=S) groups is 1. The third-order valence-corrected chi connectivity index (χ3v) is 1.87. The average molecular weight is 216 g/mol. The number of halogens is 1. The predicted octanol–water partition coefficient (Wildman–Crippen LogP) is 3.11. The van der Waals surface area contributed by atoms with Crippen molar-refractivity contribution in [2.75, 3.05) is 12.4 Å². The number of methoxy groups -OCH3 is 1. The van der Waals surface area contributed by atoms with Crippen LogP contribution in [0.2, 0.25) is 5.02 Å². The molecule has 0 saturated carbocycles. The van der Waals surface area contributed by atoms with Crippen molar-refractivity contribution in [2.24, 2.45) is 0 Å². The standard InChI is InChI=1S/C9H10ClNOS/c1-6(13)11-7-3-4-9(12-2)8(10)5-7/h3-5H,1-2H3,(H,11,13). The topological polar surface area (TPSA) is 21.3 Å². The van der Waals surface area contributed by atoms with Gasteiger partial charge in [-0.05, 0) is 25.1 Å². The highest BCUT2D eigenvalue weighted by atomic mass is 35.5. The number of hydrogen-bond donors (Lipinski definition) is 1. The van der Waals surface area contributed by atoms with Gasteiger partial charge in [-0.3, -0.25) is 0 Å². The van der Waals surface area contributed by atoms with E-state index in [0.717, 1.165) is 5.69 Å². The quantitative estimate of drug-likeness (QED) is 0.767. The van der Waals surface area contributed by atoms with Crippen molar-refractivity contribution >= 4 is 34.5 Å². The molecule has 1 N–H and O–H groups in total. The fourth-order valence-corrected chi connectivity index (χ4v) is 1.32. The van der Waals surface area contributed by atoms with Crippen LogP contribution < -0.4 is 10.1 Å². The van der Waals surface area contributed by atoms with Gasteiger partial charge in [0.05, 0.1) is 17.1 Å². The molecule has 0 saturated heterocycles. The van der Waals surface area contributed by atoms with Crippen LogP contribution in [0.3, 0.4) is 0 Å². The molecule has 0 aliphatic heterocycles. The molecule has 70 valence electrons. The van der Waals surface area contributed by atoms with E-state index in [0.29, 0.717) is 15.8 Å². The highest BCUT2D eigenvalue weighted by molar-refractivity contribution is 7.80. The molecule has 0 radical (unpaired) electrons. The normalized spacial score (nSPS) is 9.46. The molecule has 0 amide bonds. The molecule has 0 aliphatic carbocycles. The second kappa shape index (κ2) is 4.44. The van der Waals surface area contributed by atoms with Gasteiger partial charge in [0.2, 0.25) is 0 Å². The molecule has 0 aliphatic rings. The first-order chi connectivity index (χ1) is 6.13. The number of hydrogen-bond acceptors (Lipinski definition) is 2. The summed E-state index contributed by atoms with van der Waals surface area (Å²) in [4.78, 5) is 0.709. The Morgan fingerprint density at radius 3 is 2.69 bits per heavy atom. The molecule has 0 aromatic heterocycles. The number of benzene rings is 1. The van der Waals surface area contributed by atoms with Crippen molar-refractivity contribution < 1.29 is 4.74 Å². The summed E-state index contributed by atoms with van der Waals surface area (Å²) in [5.41, 5.74) is 0.873. The molecule has 1 aromatic rings. The Hall–Kier alpha value is -0.800. The Morgan fingerprint density at radius 2 is 2.23 bits per heavy atom. The monoisotopic (exact) mass is 215 g/mol. The first-order valence-corrected chi connectivity index (χ1v) is 4.53. The van der Waals surface area contributed by atoms with Gasteiger partial charge in [0.1, 0.15) is 5.75 Å². The van der Waals surface area contributed by atoms with E-state index in [1.165, 1.54) is 0 Å². The third-order valence-electron chi connectivity index (χ3n) is 1.47. The van der Waals surface area contributed by atoms with E-state index in [4.69, 9.17) is 28.6 Å². The maximum absolute atomic E-state index is 5.90. The van der Waals surface area contributed by atoms with Crippen molar-refractivity contribution in [3.05, 3.63) is 23.2 Å². The molecule has 13 heavy (non-hydrogen) atoms.